The van der Waals surface area contributed by atoms with Crippen molar-refractivity contribution >= 4 is 39.1 Å². The normalized spacial score (nSPS) is 11.4. The zero-order valence-corrected chi connectivity index (χ0v) is 19.3. The highest BCUT2D eigenvalue weighted by atomic mass is 35.5. The highest BCUT2D eigenvalue weighted by molar-refractivity contribution is 7.89. The highest BCUT2D eigenvalue weighted by Gasteiger charge is 2.22. The fourth-order valence-electron chi connectivity index (χ4n) is 2.86. The van der Waals surface area contributed by atoms with Gasteiger partial charge in [-0.1, -0.05) is 25.4 Å². The van der Waals surface area contributed by atoms with E-state index in [2.05, 4.69) is 5.32 Å². The number of anilines is 1. The molecule has 0 saturated heterocycles. The van der Waals surface area contributed by atoms with Gasteiger partial charge in [0.05, 0.1) is 15.5 Å². The molecular formula is C20H25ClN4O5S. The fraction of sp³-hybridized carbons (Fsp3) is 0.350. The second-order valence-corrected chi connectivity index (χ2v) is 9.21. The van der Waals surface area contributed by atoms with Crippen molar-refractivity contribution in [2.24, 2.45) is 0 Å². The number of carbonyl (C=O) groups is 2. The van der Waals surface area contributed by atoms with Crippen LogP contribution in [0.1, 0.15) is 24.2 Å². The first-order valence-electron chi connectivity index (χ1n) is 9.53. The SMILES string of the molecule is CCN(CC)S(=O)(=O)c1ccc(=O)n(CC(=O)Nc2ccc(C(=O)N(C)C)c(Cl)c2)c1. The molecular weight excluding hydrogens is 444 g/mol. The second kappa shape index (κ2) is 10.1. The fourth-order valence-corrected chi connectivity index (χ4v) is 4.60. The number of hydrogen-bond acceptors (Lipinski definition) is 5. The number of nitrogens with zero attached hydrogens (tertiary/aromatic N) is 3. The lowest BCUT2D eigenvalue weighted by Crippen LogP contribution is -2.33. The first-order chi connectivity index (χ1) is 14.5. The average molecular weight is 469 g/mol. The topological polar surface area (TPSA) is 109 Å². The Morgan fingerprint density at radius 2 is 1.74 bits per heavy atom. The monoisotopic (exact) mass is 468 g/mol. The molecule has 0 fully saturated rings. The van der Waals surface area contributed by atoms with Gasteiger partial charge >= 0.3 is 0 Å². The van der Waals surface area contributed by atoms with Crippen LogP contribution in [0.3, 0.4) is 0 Å². The molecule has 2 aromatic rings. The van der Waals surface area contributed by atoms with E-state index in [0.29, 0.717) is 5.69 Å². The number of pyridine rings is 1. The summed E-state index contributed by atoms with van der Waals surface area (Å²) >= 11 is 6.14. The van der Waals surface area contributed by atoms with Crippen molar-refractivity contribution < 1.29 is 18.0 Å². The van der Waals surface area contributed by atoms with Gasteiger partial charge in [-0.15, -0.1) is 0 Å². The van der Waals surface area contributed by atoms with E-state index in [9.17, 15) is 22.8 Å². The Morgan fingerprint density at radius 1 is 1.10 bits per heavy atom. The molecule has 1 N–H and O–H groups in total. The minimum Gasteiger partial charge on any atom is -0.345 e. The van der Waals surface area contributed by atoms with E-state index in [1.807, 2.05) is 0 Å². The summed E-state index contributed by atoms with van der Waals surface area (Å²) in [4.78, 5) is 37.9. The van der Waals surface area contributed by atoms with Crippen LogP contribution in [0.5, 0.6) is 0 Å². The number of hydrogen-bond donors (Lipinski definition) is 1. The van der Waals surface area contributed by atoms with Gasteiger partial charge in [0, 0.05) is 45.1 Å². The Labute approximate surface area is 186 Å². The predicted molar refractivity (Wildman–Crippen MR) is 119 cm³/mol. The van der Waals surface area contributed by atoms with Gasteiger partial charge in [0.15, 0.2) is 0 Å². The van der Waals surface area contributed by atoms with E-state index >= 15 is 0 Å². The number of amides is 2. The first kappa shape index (κ1) is 24.6. The van der Waals surface area contributed by atoms with E-state index in [1.165, 1.54) is 33.5 Å². The third kappa shape index (κ3) is 5.72. The lowest BCUT2D eigenvalue weighted by Gasteiger charge is -2.19. The third-order valence-electron chi connectivity index (χ3n) is 4.50. The molecule has 0 bridgehead atoms. The molecule has 0 saturated carbocycles. The molecule has 0 atom stereocenters. The molecule has 9 nitrogen and oxygen atoms in total. The lowest BCUT2D eigenvalue weighted by atomic mass is 10.2. The van der Waals surface area contributed by atoms with Crippen LogP contribution in [-0.4, -0.2) is 61.2 Å². The molecule has 31 heavy (non-hydrogen) atoms. The Bertz CT molecular complexity index is 1140. The van der Waals surface area contributed by atoms with Crippen LogP contribution in [0, 0.1) is 0 Å². The molecule has 1 heterocycles. The van der Waals surface area contributed by atoms with E-state index in [-0.39, 0.29) is 34.5 Å². The van der Waals surface area contributed by atoms with Crippen molar-refractivity contribution in [3.63, 3.8) is 0 Å². The summed E-state index contributed by atoms with van der Waals surface area (Å²) in [7, 11) is -0.577. The van der Waals surface area contributed by atoms with Gasteiger partial charge in [-0.2, -0.15) is 4.31 Å². The Hall–Kier alpha value is -2.69. The molecule has 0 aliphatic heterocycles. The number of aromatic nitrogens is 1. The van der Waals surface area contributed by atoms with E-state index in [4.69, 9.17) is 11.6 Å². The van der Waals surface area contributed by atoms with E-state index in [1.54, 1.807) is 27.9 Å². The van der Waals surface area contributed by atoms with Gasteiger partial charge in [0.25, 0.3) is 11.5 Å². The molecule has 0 radical (unpaired) electrons. The molecule has 1 aromatic heterocycles. The van der Waals surface area contributed by atoms with Gasteiger partial charge in [-0.25, -0.2) is 8.42 Å². The molecule has 2 rings (SSSR count). The molecule has 0 aliphatic rings. The molecule has 0 unspecified atom stereocenters. The highest BCUT2D eigenvalue weighted by Crippen LogP contribution is 2.22. The van der Waals surface area contributed by atoms with Crippen LogP contribution < -0.4 is 10.9 Å². The van der Waals surface area contributed by atoms with E-state index in [0.717, 1.165) is 16.8 Å². The quantitative estimate of drug-likeness (QED) is 0.636. The van der Waals surface area contributed by atoms with Crippen molar-refractivity contribution in [3.05, 3.63) is 57.5 Å². The van der Waals surface area contributed by atoms with Gasteiger partial charge in [-0.05, 0) is 24.3 Å². The zero-order valence-electron chi connectivity index (χ0n) is 17.8. The predicted octanol–water partition coefficient (Wildman–Crippen LogP) is 1.87. The van der Waals surface area contributed by atoms with Crippen LogP contribution in [0.15, 0.2) is 46.2 Å². The summed E-state index contributed by atoms with van der Waals surface area (Å²) in [6.07, 6.45) is 1.15. The summed E-state index contributed by atoms with van der Waals surface area (Å²) in [5.74, 6) is -0.831. The maximum absolute atomic E-state index is 12.7. The van der Waals surface area contributed by atoms with Crippen molar-refractivity contribution in [3.8, 4) is 0 Å². The van der Waals surface area contributed by atoms with E-state index < -0.39 is 28.0 Å². The lowest BCUT2D eigenvalue weighted by molar-refractivity contribution is -0.116. The number of benzene rings is 1. The largest absolute Gasteiger partial charge is 0.345 e. The van der Waals surface area contributed by atoms with Crippen molar-refractivity contribution in [1.82, 2.24) is 13.8 Å². The van der Waals surface area contributed by atoms with Crippen LogP contribution in [0.25, 0.3) is 0 Å². The second-order valence-electron chi connectivity index (χ2n) is 6.86. The van der Waals surface area contributed by atoms with Crippen molar-refractivity contribution in [2.45, 2.75) is 25.3 Å². The summed E-state index contributed by atoms with van der Waals surface area (Å²) in [5.41, 5.74) is 0.110. The summed E-state index contributed by atoms with van der Waals surface area (Å²) < 4.78 is 27.6. The Morgan fingerprint density at radius 3 is 2.29 bits per heavy atom. The Kier molecular flexibility index (Phi) is 7.99. The Balaban J connectivity index is 2.22. The maximum atomic E-state index is 12.7. The van der Waals surface area contributed by atoms with Crippen molar-refractivity contribution in [1.29, 1.82) is 0 Å². The maximum Gasteiger partial charge on any atom is 0.254 e. The van der Waals surface area contributed by atoms with Crippen LogP contribution in [0.4, 0.5) is 5.69 Å². The molecule has 168 valence electrons. The smallest absolute Gasteiger partial charge is 0.254 e. The molecule has 0 spiro atoms. The average Bonchev–Trinajstić information content (AvgIpc) is 2.69. The number of carbonyl (C=O) groups excluding carboxylic acids is 2. The number of sulfonamides is 1. The van der Waals surface area contributed by atoms with Gasteiger partial charge < -0.3 is 14.8 Å². The molecule has 2 amide bonds. The first-order valence-corrected chi connectivity index (χ1v) is 11.3. The molecule has 1 aromatic carbocycles. The number of rotatable bonds is 8. The van der Waals surface area contributed by atoms with Gasteiger partial charge in [0.2, 0.25) is 15.9 Å². The summed E-state index contributed by atoms with van der Waals surface area (Å²) in [5, 5.41) is 2.76. The minimum atomic E-state index is -3.77. The van der Waals surface area contributed by atoms with Crippen molar-refractivity contribution in [2.75, 3.05) is 32.5 Å². The number of nitrogens with one attached hydrogen (secondary N) is 1. The zero-order chi connectivity index (χ0) is 23.3. The summed E-state index contributed by atoms with van der Waals surface area (Å²) in [6, 6.07) is 6.78. The van der Waals surface area contributed by atoms with Gasteiger partial charge in [-0.3, -0.25) is 14.4 Å². The van der Waals surface area contributed by atoms with Crippen LogP contribution in [0.2, 0.25) is 5.02 Å². The molecule has 0 aliphatic carbocycles. The minimum absolute atomic E-state index is 0.0711. The standard InChI is InChI=1S/C20H25ClN4O5S/c1-5-25(6-2)31(29,30)15-8-10-19(27)24(12-15)13-18(26)22-14-7-9-16(17(21)11-14)20(28)23(3)4/h7-12H,5-6,13H2,1-4H3,(H,22,26). The molecule has 11 heteroatoms. The third-order valence-corrected chi connectivity index (χ3v) is 6.85. The van der Waals surface area contributed by atoms with Gasteiger partial charge in [0.1, 0.15) is 6.54 Å². The summed E-state index contributed by atoms with van der Waals surface area (Å²) in [6.45, 7) is 3.60. The number of halogens is 1. The van der Waals surface area contributed by atoms with Crippen LogP contribution >= 0.6 is 11.6 Å². The van der Waals surface area contributed by atoms with Crippen LogP contribution in [-0.2, 0) is 21.4 Å².